The molecule has 0 saturated carbocycles. The van der Waals surface area contributed by atoms with Gasteiger partial charge in [0.1, 0.15) is 0 Å². The monoisotopic (exact) mass is 347 g/mol. The van der Waals surface area contributed by atoms with Crippen molar-refractivity contribution in [3.05, 3.63) is 82.7 Å². The molecule has 26 heavy (non-hydrogen) atoms. The highest BCUT2D eigenvalue weighted by Crippen LogP contribution is 2.16. The van der Waals surface area contributed by atoms with Gasteiger partial charge in [-0.25, -0.2) is 4.68 Å². The van der Waals surface area contributed by atoms with E-state index in [1.54, 1.807) is 23.0 Å². The van der Waals surface area contributed by atoms with Gasteiger partial charge in [0.2, 0.25) is 5.82 Å². The third-order valence-corrected chi connectivity index (χ3v) is 3.79. The molecule has 0 fully saturated rings. The largest absolute Gasteiger partial charge is 0.269 e. The molecule has 0 radical (unpaired) electrons. The van der Waals surface area contributed by atoms with E-state index in [4.69, 9.17) is 0 Å². The minimum absolute atomic E-state index is 0.0503. The maximum atomic E-state index is 10.7. The molecule has 0 amide bonds. The Morgan fingerprint density at radius 1 is 1.04 bits per heavy atom. The molecule has 2 heterocycles. The van der Waals surface area contributed by atoms with E-state index in [1.165, 1.54) is 16.9 Å². The third-order valence-electron chi connectivity index (χ3n) is 3.79. The Labute approximate surface area is 147 Å². The van der Waals surface area contributed by atoms with Gasteiger partial charge in [-0.1, -0.05) is 30.3 Å². The average Bonchev–Trinajstić information content (AvgIpc) is 3.32. The predicted octanol–water partition coefficient (Wildman–Crippen LogP) is 2.48. The summed E-state index contributed by atoms with van der Waals surface area (Å²) in [5, 5.41) is 27.4. The number of rotatable bonds is 5. The minimum Gasteiger partial charge on any atom is -0.258 e. The van der Waals surface area contributed by atoms with Crippen LogP contribution in [0.15, 0.2) is 67.0 Å². The summed E-state index contributed by atoms with van der Waals surface area (Å²) in [4.78, 5) is 11.7. The van der Waals surface area contributed by atoms with E-state index in [1.807, 2.05) is 36.5 Å². The SMILES string of the molecule is O=[N+]([O-])c1ccc(Cn2nnc(-c3cnn(-c4ccccc4)c3)n2)cc1. The fraction of sp³-hybridized carbons (Fsp3) is 0.0588. The Morgan fingerprint density at radius 2 is 1.81 bits per heavy atom. The number of hydrogen-bond donors (Lipinski definition) is 0. The van der Waals surface area contributed by atoms with Crippen LogP contribution in [0.2, 0.25) is 0 Å². The molecule has 0 saturated heterocycles. The van der Waals surface area contributed by atoms with Crippen molar-refractivity contribution >= 4 is 5.69 Å². The van der Waals surface area contributed by atoms with Gasteiger partial charge in [-0.2, -0.15) is 9.90 Å². The molecule has 0 N–H and O–H groups in total. The Balaban J connectivity index is 1.51. The number of tetrazole rings is 1. The lowest BCUT2D eigenvalue weighted by Crippen LogP contribution is -2.04. The van der Waals surface area contributed by atoms with Crippen LogP contribution in [0, 0.1) is 10.1 Å². The van der Waals surface area contributed by atoms with Crippen LogP contribution in [-0.2, 0) is 6.54 Å². The smallest absolute Gasteiger partial charge is 0.258 e. The summed E-state index contributed by atoms with van der Waals surface area (Å²) >= 11 is 0. The van der Waals surface area contributed by atoms with Gasteiger partial charge in [-0.3, -0.25) is 10.1 Å². The molecule has 0 bridgehead atoms. The topological polar surface area (TPSA) is 105 Å². The van der Waals surface area contributed by atoms with E-state index in [9.17, 15) is 10.1 Å². The van der Waals surface area contributed by atoms with Crippen LogP contribution in [0.5, 0.6) is 0 Å². The second kappa shape index (κ2) is 6.55. The van der Waals surface area contributed by atoms with Gasteiger partial charge >= 0.3 is 0 Å². The van der Waals surface area contributed by atoms with Crippen LogP contribution >= 0.6 is 0 Å². The Bertz CT molecular complexity index is 1040. The fourth-order valence-corrected chi connectivity index (χ4v) is 2.47. The highest BCUT2D eigenvalue weighted by Gasteiger charge is 2.10. The molecule has 0 spiro atoms. The van der Waals surface area contributed by atoms with E-state index in [0.29, 0.717) is 12.4 Å². The molecular weight excluding hydrogens is 334 g/mol. The lowest BCUT2D eigenvalue weighted by Gasteiger charge is -1.99. The lowest BCUT2D eigenvalue weighted by atomic mass is 10.2. The number of nitrogens with zero attached hydrogens (tertiary/aromatic N) is 7. The Hall–Kier alpha value is -3.88. The van der Waals surface area contributed by atoms with Gasteiger partial charge in [0.15, 0.2) is 0 Å². The molecule has 9 heteroatoms. The van der Waals surface area contributed by atoms with Crippen LogP contribution < -0.4 is 0 Å². The van der Waals surface area contributed by atoms with Gasteiger partial charge in [0.25, 0.3) is 5.69 Å². The molecule has 2 aromatic heterocycles. The molecule has 0 aliphatic carbocycles. The summed E-state index contributed by atoms with van der Waals surface area (Å²) in [5.41, 5.74) is 2.59. The first kappa shape index (κ1) is 15.6. The zero-order chi connectivity index (χ0) is 17.9. The predicted molar refractivity (Wildman–Crippen MR) is 92.6 cm³/mol. The zero-order valence-electron chi connectivity index (χ0n) is 13.5. The van der Waals surface area contributed by atoms with Crippen LogP contribution in [0.3, 0.4) is 0 Å². The van der Waals surface area contributed by atoms with Gasteiger partial charge in [0, 0.05) is 18.3 Å². The first-order valence-electron chi connectivity index (χ1n) is 7.81. The van der Waals surface area contributed by atoms with E-state index in [0.717, 1.165) is 16.8 Å². The Morgan fingerprint density at radius 3 is 2.54 bits per heavy atom. The van der Waals surface area contributed by atoms with Gasteiger partial charge < -0.3 is 0 Å². The molecule has 9 nitrogen and oxygen atoms in total. The lowest BCUT2D eigenvalue weighted by molar-refractivity contribution is -0.384. The summed E-state index contributed by atoms with van der Waals surface area (Å²) in [6.07, 6.45) is 3.52. The quantitative estimate of drug-likeness (QED) is 0.406. The molecule has 0 aliphatic heterocycles. The number of aromatic nitrogens is 6. The highest BCUT2D eigenvalue weighted by atomic mass is 16.6. The van der Waals surface area contributed by atoms with Crippen molar-refractivity contribution in [3.63, 3.8) is 0 Å². The van der Waals surface area contributed by atoms with Crippen LogP contribution in [-0.4, -0.2) is 34.9 Å². The van der Waals surface area contributed by atoms with Gasteiger partial charge in [-0.05, 0) is 22.9 Å². The van der Waals surface area contributed by atoms with Crippen molar-refractivity contribution in [2.24, 2.45) is 0 Å². The van der Waals surface area contributed by atoms with Crippen LogP contribution in [0.1, 0.15) is 5.56 Å². The number of nitro benzene ring substituents is 1. The third kappa shape index (κ3) is 3.18. The number of para-hydroxylation sites is 1. The van der Waals surface area contributed by atoms with Crippen LogP contribution in [0.4, 0.5) is 5.69 Å². The molecule has 4 rings (SSSR count). The molecule has 128 valence electrons. The van der Waals surface area contributed by atoms with Crippen molar-refractivity contribution < 1.29 is 4.92 Å². The average molecular weight is 347 g/mol. The van der Waals surface area contributed by atoms with Crippen molar-refractivity contribution in [1.82, 2.24) is 30.0 Å². The minimum atomic E-state index is -0.431. The first-order valence-corrected chi connectivity index (χ1v) is 7.81. The maximum absolute atomic E-state index is 10.7. The molecule has 4 aromatic rings. The van der Waals surface area contributed by atoms with E-state index in [2.05, 4.69) is 20.5 Å². The van der Waals surface area contributed by atoms with Gasteiger partial charge in [0.05, 0.1) is 28.9 Å². The Kier molecular flexibility index (Phi) is 3.94. The second-order valence-electron chi connectivity index (χ2n) is 5.58. The number of nitro groups is 1. The standard InChI is InChI=1S/C17H13N7O2/c25-24(26)16-8-6-13(7-9-16)11-23-20-17(19-21-23)14-10-18-22(12-14)15-4-2-1-3-5-15/h1-10,12H,11H2. The van der Waals surface area contributed by atoms with Crippen molar-refractivity contribution in [1.29, 1.82) is 0 Å². The van der Waals surface area contributed by atoms with Crippen molar-refractivity contribution in [2.75, 3.05) is 0 Å². The summed E-state index contributed by atoms with van der Waals surface area (Å²) in [6, 6.07) is 16.0. The summed E-state index contributed by atoms with van der Waals surface area (Å²) in [5.74, 6) is 0.467. The first-order chi connectivity index (χ1) is 12.7. The zero-order valence-corrected chi connectivity index (χ0v) is 13.5. The number of benzene rings is 2. The number of hydrogen-bond acceptors (Lipinski definition) is 6. The van der Waals surface area contributed by atoms with E-state index >= 15 is 0 Å². The normalized spacial score (nSPS) is 10.8. The molecular formula is C17H13N7O2. The van der Waals surface area contributed by atoms with Crippen LogP contribution in [0.25, 0.3) is 17.1 Å². The molecule has 0 unspecified atom stereocenters. The maximum Gasteiger partial charge on any atom is 0.269 e. The highest BCUT2D eigenvalue weighted by molar-refractivity contribution is 5.52. The summed E-state index contributed by atoms with van der Waals surface area (Å²) < 4.78 is 1.74. The van der Waals surface area contributed by atoms with Crippen molar-refractivity contribution in [2.45, 2.75) is 6.54 Å². The molecule has 2 aromatic carbocycles. The fourth-order valence-electron chi connectivity index (χ4n) is 2.47. The van der Waals surface area contributed by atoms with Gasteiger partial charge in [-0.15, -0.1) is 10.2 Å². The number of non-ortho nitro benzene ring substituents is 1. The molecule has 0 atom stereocenters. The summed E-state index contributed by atoms with van der Waals surface area (Å²) in [7, 11) is 0. The molecule has 0 aliphatic rings. The van der Waals surface area contributed by atoms with E-state index < -0.39 is 4.92 Å². The van der Waals surface area contributed by atoms with Crippen molar-refractivity contribution in [3.8, 4) is 17.1 Å². The second-order valence-corrected chi connectivity index (χ2v) is 5.58. The van der Waals surface area contributed by atoms with E-state index in [-0.39, 0.29) is 5.69 Å². The summed E-state index contributed by atoms with van der Waals surface area (Å²) in [6.45, 7) is 0.373.